The Morgan fingerprint density at radius 2 is 0.773 bits per heavy atom. The van der Waals surface area contributed by atoms with E-state index in [1.807, 2.05) is 0 Å². The van der Waals surface area contributed by atoms with Gasteiger partial charge in [-0.1, -0.05) is 227 Å². The third kappa shape index (κ3) is 13.6. The van der Waals surface area contributed by atoms with E-state index in [1.54, 1.807) is 0 Å². The summed E-state index contributed by atoms with van der Waals surface area (Å²) in [5.74, 6) is 0. The minimum absolute atomic E-state index is 0. The molecule has 97 heavy (non-hydrogen) atoms. The molecule has 500 valence electrons. The van der Waals surface area contributed by atoms with Crippen LogP contribution in [0.25, 0.3) is 21.5 Å². The van der Waals surface area contributed by atoms with E-state index >= 15 is 0 Å². The molecule has 2 atom stereocenters. The molecule has 4 heterocycles. The van der Waals surface area contributed by atoms with Gasteiger partial charge in [-0.25, -0.2) is 8.42 Å². The number of hydrogen-bond acceptors (Lipinski definition) is 5. The number of anilines is 2. The third-order valence-corrected chi connectivity index (χ3v) is 23.1. The zero-order valence-corrected chi connectivity index (χ0v) is 60.6. The van der Waals surface area contributed by atoms with Crippen molar-refractivity contribution in [3.8, 4) is 0 Å². The van der Waals surface area contributed by atoms with E-state index in [9.17, 15) is 13.0 Å². The smallest absolute Gasteiger partial charge is 0.748 e. The summed E-state index contributed by atoms with van der Waals surface area (Å²) in [5, 5.41) is 4.66. The van der Waals surface area contributed by atoms with E-state index in [0.29, 0.717) is 12.8 Å². The van der Waals surface area contributed by atoms with Crippen molar-refractivity contribution >= 4 is 65.8 Å². The molecule has 2 unspecified atom stereocenters. The maximum absolute atomic E-state index is 10.3. The number of nitrogens with zero attached hydrogens (tertiary/aromatic N) is 4. The van der Waals surface area contributed by atoms with Crippen molar-refractivity contribution in [3.05, 3.63) is 313 Å². The molecule has 9 aromatic rings. The summed E-state index contributed by atoms with van der Waals surface area (Å²) in [6, 6.07) is 77.0. The Hall–Kier alpha value is -8.17. The van der Waals surface area contributed by atoms with Gasteiger partial charge in [-0.05, 0) is 158 Å². The number of allylic oxidation sites excluding steroid dienone is 8. The number of benzene rings is 9. The van der Waals surface area contributed by atoms with Crippen molar-refractivity contribution in [3.63, 3.8) is 0 Å². The first-order valence-corrected chi connectivity index (χ1v) is 35.7. The van der Waals surface area contributed by atoms with Crippen molar-refractivity contribution < 1.29 is 39.2 Å². The van der Waals surface area contributed by atoms with Crippen molar-refractivity contribution in [1.82, 2.24) is 0 Å². The van der Waals surface area contributed by atoms with E-state index in [2.05, 4.69) is 318 Å². The zero-order valence-electron chi connectivity index (χ0n) is 58.6. The molecule has 2 saturated carbocycles. The molecule has 0 spiro atoms. The molecule has 15 rings (SSSR count). The second-order valence-electron chi connectivity index (χ2n) is 28.3. The van der Waals surface area contributed by atoms with Crippen LogP contribution in [0.5, 0.6) is 0 Å². The molecule has 2 fully saturated rings. The van der Waals surface area contributed by atoms with Gasteiger partial charge in [0.05, 0.1) is 20.9 Å². The van der Waals surface area contributed by atoms with Gasteiger partial charge in [0.25, 0.3) is 0 Å². The van der Waals surface area contributed by atoms with E-state index in [1.165, 1.54) is 144 Å². The summed E-state index contributed by atoms with van der Waals surface area (Å²) in [6.07, 6.45) is 28.1. The molecule has 4 aliphatic heterocycles. The molecular weight excluding hydrogens is 1250 g/mol. The second kappa shape index (κ2) is 29.5. The van der Waals surface area contributed by atoms with Crippen molar-refractivity contribution in [1.29, 1.82) is 0 Å². The fraction of sp³-hybridized carbons (Fsp3) is 0.295. The number of fused-ring (bicyclic) bond motifs is 8. The molecule has 0 saturated heterocycles. The van der Waals surface area contributed by atoms with Crippen molar-refractivity contribution in [2.24, 2.45) is 0 Å². The molecule has 0 amide bonds. The van der Waals surface area contributed by atoms with Gasteiger partial charge in [-0.3, -0.25) is 0 Å². The van der Waals surface area contributed by atoms with Crippen LogP contribution >= 0.6 is 0 Å². The maximum atomic E-state index is 10.3. The van der Waals surface area contributed by atoms with Gasteiger partial charge in [0.2, 0.25) is 11.4 Å². The first-order valence-electron chi connectivity index (χ1n) is 34.2. The monoisotopic (exact) mass is 1350 g/mol. The standard InChI is InChI=1S/C76H72N4.C5H10O3S.C5H10.2CH3.Fe/c1-73(2)67(79(7)65-47-45-57-29-15-17-31-59(57)71(65)73)37-23-39-69-75(49-53-25-11-9-12-26-53,61-33-19-21-35-63(61)77(69)5)51-55-41-43-56(44-42-55)52-76(50-54-27-13-10-14-28-54)62-34-20-22-36-64(62)78(6)70(76)40-24-38-68-74(3,4)72-60-32-18-16-30-58(60)46-48-66(72)80(68)8;6-9(7,8)5-3-1-2-4-5;1-2-4-5-3-1;;;/h9-48H,49-52H2,1-8H3;5H,1-4H2,(H,6,7,8);1-5H2;2*1H3;/q+2;;;2*-1;+2/p-1. The van der Waals surface area contributed by atoms with E-state index in [4.69, 9.17) is 0 Å². The average molecular weight is 1350 g/mol. The molecule has 0 aromatic heterocycles. The van der Waals surface area contributed by atoms with Crippen LogP contribution in [0.3, 0.4) is 0 Å². The van der Waals surface area contributed by atoms with Crippen LogP contribution in [-0.2, 0) is 74.5 Å². The molecule has 0 N–H and O–H groups in total. The van der Waals surface area contributed by atoms with Crippen molar-refractivity contribution in [2.75, 3.05) is 38.0 Å². The summed E-state index contributed by atoms with van der Waals surface area (Å²) < 4.78 is 35.6. The van der Waals surface area contributed by atoms with Crippen LogP contribution in [0.1, 0.15) is 130 Å². The zero-order chi connectivity index (χ0) is 65.4. The number of hydrogen-bond donors (Lipinski definition) is 0. The molecule has 9 aromatic carbocycles. The topological polar surface area (TPSA) is 69.7 Å². The quantitative estimate of drug-likeness (QED) is 0.0498. The summed E-state index contributed by atoms with van der Waals surface area (Å²) in [4.78, 5) is 4.92. The normalized spacial score (nSPS) is 20.5. The number of likely N-dealkylation sites (N-methyl/N-ethyl adjacent to an activating group) is 2. The maximum Gasteiger partial charge on any atom is 2.00 e. The van der Waals surface area contributed by atoms with Crippen LogP contribution in [0.4, 0.5) is 22.7 Å². The predicted molar refractivity (Wildman–Crippen MR) is 405 cm³/mol. The molecular formula is C88H97FeN4O3S+. The van der Waals surface area contributed by atoms with Gasteiger partial charge in [0.15, 0.2) is 11.4 Å². The second-order valence-corrected chi connectivity index (χ2v) is 30.0. The average Bonchev–Trinajstić information content (AvgIpc) is 1.60. The first-order chi connectivity index (χ1) is 45.4. The Balaban J connectivity index is 0.000000537. The Morgan fingerprint density at radius 3 is 1.13 bits per heavy atom. The number of para-hydroxylation sites is 2. The van der Waals surface area contributed by atoms with E-state index < -0.39 is 15.4 Å². The molecule has 9 heteroatoms. The van der Waals surface area contributed by atoms with Gasteiger partial charge in [0.1, 0.15) is 14.1 Å². The van der Waals surface area contributed by atoms with Crippen LogP contribution < -0.4 is 9.80 Å². The Bertz CT molecular complexity index is 4350. The van der Waals surface area contributed by atoms with Crippen LogP contribution in [0.15, 0.2) is 254 Å². The predicted octanol–water partition coefficient (Wildman–Crippen LogP) is 20.0. The van der Waals surface area contributed by atoms with E-state index in [0.717, 1.165) is 38.5 Å². The number of rotatable bonds is 13. The van der Waals surface area contributed by atoms with Gasteiger partial charge < -0.3 is 29.2 Å². The van der Waals surface area contributed by atoms with E-state index in [-0.39, 0.29) is 53.6 Å². The summed E-state index contributed by atoms with van der Waals surface area (Å²) in [5.41, 5.74) is 20.1. The Morgan fingerprint density at radius 1 is 0.443 bits per heavy atom. The minimum atomic E-state index is -3.95. The first kappa shape index (κ1) is 71.6. The van der Waals surface area contributed by atoms with Gasteiger partial charge in [-0.2, -0.15) is 9.15 Å². The largest absolute Gasteiger partial charge is 2.00 e. The summed E-state index contributed by atoms with van der Waals surface area (Å²) >= 11 is 0. The Labute approximate surface area is 590 Å². The van der Waals surface area contributed by atoms with Gasteiger partial charge in [0, 0.05) is 88.4 Å². The van der Waals surface area contributed by atoms with Gasteiger partial charge >= 0.3 is 17.1 Å². The van der Waals surface area contributed by atoms with Crippen LogP contribution in [-0.4, -0.2) is 67.0 Å². The SMILES string of the molecule is C1CCCC1.CN1C(=CC=CC2=[N+](C)c3ccc4ccccc4c3C2(C)C)C(Cc2ccccc2)(Cc2ccc(CC3(Cc4ccccc4)C(=CC=CC4=[N+](C)c5ccc6ccccc6c5C4(C)C)N(C)c4ccccc43)cc2)c2ccccc21.O=S(=O)([O-])C1CCCC1.[CH3-].[CH3-].[Fe+2]. The fourth-order valence-corrected chi connectivity index (χ4v) is 18.1. The minimum Gasteiger partial charge on any atom is -0.748 e. The summed E-state index contributed by atoms with van der Waals surface area (Å²) in [7, 11) is 5.04. The molecule has 7 nitrogen and oxygen atoms in total. The molecule has 0 radical (unpaired) electrons. The third-order valence-electron chi connectivity index (χ3n) is 21.8. The molecule has 6 aliphatic rings. The summed E-state index contributed by atoms with van der Waals surface area (Å²) in [6.45, 7) is 9.53. The van der Waals surface area contributed by atoms with Crippen molar-refractivity contribution in [2.45, 2.75) is 138 Å². The van der Waals surface area contributed by atoms with Crippen LogP contribution in [0, 0.1) is 14.9 Å². The Kier molecular flexibility index (Phi) is 21.8. The molecule has 0 bridgehead atoms. The fourth-order valence-electron chi connectivity index (χ4n) is 17.2. The molecule has 2 aliphatic carbocycles. The van der Waals surface area contributed by atoms with Gasteiger partial charge in [-0.15, -0.1) is 0 Å². The van der Waals surface area contributed by atoms with Crippen LogP contribution in [0.2, 0.25) is 0 Å².